The van der Waals surface area contributed by atoms with Crippen LogP contribution >= 0.6 is 11.3 Å². The highest BCUT2D eigenvalue weighted by molar-refractivity contribution is 7.09. The van der Waals surface area contributed by atoms with E-state index in [0.29, 0.717) is 0 Å². The first kappa shape index (κ1) is 13.2. The Kier molecular flexibility index (Phi) is 4.49. The van der Waals surface area contributed by atoms with E-state index in [1.165, 1.54) is 6.08 Å². The highest BCUT2D eigenvalue weighted by Crippen LogP contribution is 2.24. The van der Waals surface area contributed by atoms with Crippen LogP contribution in [-0.2, 0) is 4.79 Å². The zero-order chi connectivity index (χ0) is 13.0. The van der Waals surface area contributed by atoms with Crippen molar-refractivity contribution in [3.63, 3.8) is 0 Å². The second-order valence-corrected chi connectivity index (χ2v) is 5.68. The number of carbonyl (C=O) groups excluding carboxylic acids is 1. The third-order valence-electron chi connectivity index (χ3n) is 3.26. The Labute approximate surface area is 111 Å². The largest absolute Gasteiger partial charge is 0.396 e. The molecule has 98 valence electrons. The van der Waals surface area contributed by atoms with Gasteiger partial charge in [0.25, 0.3) is 0 Å². The predicted octanol–water partition coefficient (Wildman–Crippen LogP) is 1.74. The number of carbonyl (C=O) groups is 1. The molecule has 0 bridgehead atoms. The van der Waals surface area contributed by atoms with Crippen LogP contribution in [-0.4, -0.2) is 28.6 Å². The standard InChI is InChI=1S/C13H18N2O2S/c1-9-14-11(8-18-9)5-6-13(17)15-12-4-2-3-10(12)7-16/h5-6,8,10,12,16H,2-4,7H2,1H3,(H,15,17)/b6-5+. The first-order valence-corrected chi connectivity index (χ1v) is 7.08. The fourth-order valence-electron chi connectivity index (χ4n) is 2.29. The second kappa shape index (κ2) is 6.11. The van der Waals surface area contributed by atoms with Gasteiger partial charge in [-0.25, -0.2) is 4.98 Å². The molecule has 0 radical (unpaired) electrons. The van der Waals surface area contributed by atoms with Gasteiger partial charge in [0, 0.05) is 30.0 Å². The van der Waals surface area contributed by atoms with Crippen molar-refractivity contribution in [3.05, 3.63) is 22.2 Å². The summed E-state index contributed by atoms with van der Waals surface area (Å²) in [5.41, 5.74) is 0.817. The van der Waals surface area contributed by atoms with Crippen LogP contribution in [0.4, 0.5) is 0 Å². The molecule has 1 aromatic rings. The average Bonchev–Trinajstić information content (AvgIpc) is 2.95. The van der Waals surface area contributed by atoms with Gasteiger partial charge in [-0.05, 0) is 25.8 Å². The zero-order valence-corrected chi connectivity index (χ0v) is 11.2. The zero-order valence-electron chi connectivity index (χ0n) is 10.4. The minimum absolute atomic E-state index is 0.106. The fourth-order valence-corrected chi connectivity index (χ4v) is 2.87. The minimum Gasteiger partial charge on any atom is -0.396 e. The van der Waals surface area contributed by atoms with E-state index in [-0.39, 0.29) is 24.5 Å². The van der Waals surface area contributed by atoms with Gasteiger partial charge in [0.15, 0.2) is 0 Å². The van der Waals surface area contributed by atoms with Gasteiger partial charge in [0.1, 0.15) is 0 Å². The molecule has 5 heteroatoms. The molecule has 4 nitrogen and oxygen atoms in total. The van der Waals surface area contributed by atoms with Gasteiger partial charge in [-0.2, -0.15) is 0 Å². The normalized spacial score (nSPS) is 23.7. The van der Waals surface area contributed by atoms with Gasteiger partial charge >= 0.3 is 0 Å². The summed E-state index contributed by atoms with van der Waals surface area (Å²) in [6.07, 6.45) is 6.27. The van der Waals surface area contributed by atoms with E-state index < -0.39 is 0 Å². The molecule has 18 heavy (non-hydrogen) atoms. The molecule has 1 aliphatic carbocycles. The summed E-state index contributed by atoms with van der Waals surface area (Å²) in [4.78, 5) is 16.0. The number of aliphatic hydroxyl groups excluding tert-OH is 1. The van der Waals surface area contributed by atoms with Crippen molar-refractivity contribution in [3.8, 4) is 0 Å². The molecule has 1 heterocycles. The molecule has 2 unspecified atom stereocenters. The summed E-state index contributed by atoms with van der Waals surface area (Å²) < 4.78 is 0. The monoisotopic (exact) mass is 266 g/mol. The third-order valence-corrected chi connectivity index (χ3v) is 4.06. The van der Waals surface area contributed by atoms with Gasteiger partial charge in [-0.1, -0.05) is 6.42 Å². The Balaban J connectivity index is 1.86. The topological polar surface area (TPSA) is 62.2 Å². The molecule has 2 rings (SSSR count). The Morgan fingerprint density at radius 2 is 2.50 bits per heavy atom. The van der Waals surface area contributed by atoms with Crippen molar-refractivity contribution < 1.29 is 9.90 Å². The number of aliphatic hydroxyl groups is 1. The van der Waals surface area contributed by atoms with E-state index >= 15 is 0 Å². The minimum atomic E-state index is -0.106. The van der Waals surface area contributed by atoms with Crippen molar-refractivity contribution in [2.75, 3.05) is 6.61 Å². The van der Waals surface area contributed by atoms with Crippen LogP contribution in [0.15, 0.2) is 11.5 Å². The SMILES string of the molecule is Cc1nc(/C=C/C(=O)NC2CCCC2CO)cs1. The molecule has 0 aliphatic heterocycles. The number of nitrogens with one attached hydrogen (secondary N) is 1. The first-order valence-electron chi connectivity index (χ1n) is 6.20. The number of hydrogen-bond acceptors (Lipinski definition) is 4. The molecule has 1 saturated carbocycles. The third kappa shape index (κ3) is 3.40. The van der Waals surface area contributed by atoms with E-state index in [0.717, 1.165) is 30.0 Å². The van der Waals surface area contributed by atoms with Gasteiger partial charge in [-0.3, -0.25) is 4.79 Å². The lowest BCUT2D eigenvalue weighted by Gasteiger charge is -2.17. The van der Waals surface area contributed by atoms with E-state index in [4.69, 9.17) is 0 Å². The molecular formula is C13H18N2O2S. The number of nitrogens with zero attached hydrogens (tertiary/aromatic N) is 1. The summed E-state index contributed by atoms with van der Waals surface area (Å²) in [5.74, 6) is 0.106. The van der Waals surface area contributed by atoms with Crippen LogP contribution < -0.4 is 5.32 Å². The fraction of sp³-hybridized carbons (Fsp3) is 0.538. The molecule has 2 N–H and O–H groups in total. The Hall–Kier alpha value is -1.20. The van der Waals surface area contributed by atoms with E-state index in [2.05, 4.69) is 10.3 Å². The highest BCUT2D eigenvalue weighted by atomic mass is 32.1. The molecule has 2 atom stereocenters. The molecule has 1 aromatic heterocycles. The molecule has 1 aliphatic rings. The number of thiazole rings is 1. The Morgan fingerprint density at radius 3 is 3.17 bits per heavy atom. The molecule has 0 saturated heterocycles. The van der Waals surface area contributed by atoms with Gasteiger partial charge < -0.3 is 10.4 Å². The lowest BCUT2D eigenvalue weighted by molar-refractivity contribution is -0.117. The molecule has 1 amide bonds. The van der Waals surface area contributed by atoms with E-state index in [1.807, 2.05) is 12.3 Å². The van der Waals surface area contributed by atoms with E-state index in [1.54, 1.807) is 17.4 Å². The van der Waals surface area contributed by atoms with Crippen LogP contribution in [0.1, 0.15) is 30.0 Å². The number of rotatable bonds is 4. The van der Waals surface area contributed by atoms with Crippen LogP contribution in [0.25, 0.3) is 6.08 Å². The summed E-state index contributed by atoms with van der Waals surface area (Å²) in [6.45, 7) is 2.09. The average molecular weight is 266 g/mol. The Bertz CT molecular complexity index is 442. The number of hydrogen-bond donors (Lipinski definition) is 2. The van der Waals surface area contributed by atoms with Crippen molar-refractivity contribution in [1.82, 2.24) is 10.3 Å². The van der Waals surface area contributed by atoms with Crippen molar-refractivity contribution in [2.45, 2.75) is 32.2 Å². The number of amides is 1. The smallest absolute Gasteiger partial charge is 0.244 e. The number of aryl methyl sites for hydroxylation is 1. The first-order chi connectivity index (χ1) is 8.69. The van der Waals surface area contributed by atoms with Gasteiger partial charge in [0.2, 0.25) is 5.91 Å². The Morgan fingerprint density at radius 1 is 1.67 bits per heavy atom. The summed E-state index contributed by atoms with van der Waals surface area (Å²) in [6, 6.07) is 0.115. The molecule has 0 aromatic carbocycles. The van der Waals surface area contributed by atoms with E-state index in [9.17, 15) is 9.90 Å². The van der Waals surface area contributed by atoms with Crippen LogP contribution in [0.5, 0.6) is 0 Å². The highest BCUT2D eigenvalue weighted by Gasteiger charge is 2.27. The summed E-state index contributed by atoms with van der Waals surface area (Å²) in [7, 11) is 0. The quantitative estimate of drug-likeness (QED) is 0.816. The second-order valence-electron chi connectivity index (χ2n) is 4.61. The maximum absolute atomic E-state index is 11.7. The van der Waals surface area contributed by atoms with Crippen LogP contribution in [0.3, 0.4) is 0 Å². The lowest BCUT2D eigenvalue weighted by atomic mass is 10.1. The van der Waals surface area contributed by atoms with Crippen molar-refractivity contribution >= 4 is 23.3 Å². The van der Waals surface area contributed by atoms with Gasteiger partial charge in [0.05, 0.1) is 10.7 Å². The summed E-state index contributed by atoms with van der Waals surface area (Å²) in [5, 5.41) is 15.0. The van der Waals surface area contributed by atoms with Crippen LogP contribution in [0, 0.1) is 12.8 Å². The lowest BCUT2D eigenvalue weighted by Crippen LogP contribution is -2.37. The number of aromatic nitrogens is 1. The molecular weight excluding hydrogens is 248 g/mol. The maximum atomic E-state index is 11.7. The summed E-state index contributed by atoms with van der Waals surface area (Å²) >= 11 is 1.57. The van der Waals surface area contributed by atoms with Crippen molar-refractivity contribution in [1.29, 1.82) is 0 Å². The molecule has 1 fully saturated rings. The predicted molar refractivity (Wildman–Crippen MR) is 72.2 cm³/mol. The van der Waals surface area contributed by atoms with Crippen molar-refractivity contribution in [2.24, 2.45) is 5.92 Å². The molecule has 0 spiro atoms. The van der Waals surface area contributed by atoms with Crippen LogP contribution in [0.2, 0.25) is 0 Å². The maximum Gasteiger partial charge on any atom is 0.244 e. The van der Waals surface area contributed by atoms with Gasteiger partial charge in [-0.15, -0.1) is 11.3 Å².